The average Bonchev–Trinajstić information content (AvgIpc) is 2.86. The molecule has 14 heavy (non-hydrogen) atoms. The summed E-state index contributed by atoms with van der Waals surface area (Å²) < 4.78 is 0. The summed E-state index contributed by atoms with van der Waals surface area (Å²) in [7, 11) is 0. The summed E-state index contributed by atoms with van der Waals surface area (Å²) in [5.41, 5.74) is 6.38. The largest absolute Gasteiger partial charge is 0.324 e. The molecule has 0 aromatic carbocycles. The monoisotopic (exact) mass is 194 g/mol. The van der Waals surface area contributed by atoms with E-state index in [0.29, 0.717) is 0 Å². The molecule has 0 aliphatic heterocycles. The highest BCUT2D eigenvalue weighted by atomic mass is 15.0. The van der Waals surface area contributed by atoms with E-state index in [1.54, 1.807) is 0 Å². The Morgan fingerprint density at radius 2 is 1.71 bits per heavy atom. The van der Waals surface area contributed by atoms with E-state index in [9.17, 15) is 0 Å². The van der Waals surface area contributed by atoms with Crippen LogP contribution < -0.4 is 11.1 Å². The number of nitrogens with one attached hydrogen (secondary N) is 1. The molecule has 3 fully saturated rings. The molecule has 0 saturated heterocycles. The highest BCUT2D eigenvalue weighted by Crippen LogP contribution is 2.49. The smallest absolute Gasteiger partial charge is 0.0280 e. The molecule has 0 radical (unpaired) electrons. The molecule has 0 amide bonds. The third-order valence-electron chi connectivity index (χ3n) is 4.70. The first-order valence-corrected chi connectivity index (χ1v) is 6.31. The highest BCUT2D eigenvalue weighted by molar-refractivity contribution is 5.06. The molecule has 3 rings (SSSR count). The van der Waals surface area contributed by atoms with Gasteiger partial charge < -0.3 is 11.1 Å². The summed E-state index contributed by atoms with van der Waals surface area (Å²) in [5, 5.41) is 3.72. The second-order valence-electron chi connectivity index (χ2n) is 5.73. The lowest BCUT2D eigenvalue weighted by molar-refractivity contribution is 0.236. The lowest BCUT2D eigenvalue weighted by Gasteiger charge is -2.38. The van der Waals surface area contributed by atoms with Gasteiger partial charge in [0.05, 0.1) is 0 Å². The van der Waals surface area contributed by atoms with Gasteiger partial charge in [-0.3, -0.25) is 0 Å². The molecule has 2 unspecified atom stereocenters. The van der Waals surface area contributed by atoms with Gasteiger partial charge in [0.1, 0.15) is 0 Å². The summed E-state index contributed by atoms with van der Waals surface area (Å²) in [4.78, 5) is 0. The highest BCUT2D eigenvalue weighted by Gasteiger charge is 2.50. The van der Waals surface area contributed by atoms with E-state index in [2.05, 4.69) is 5.32 Å². The number of hydrogen-bond donors (Lipinski definition) is 2. The van der Waals surface area contributed by atoms with Crippen molar-refractivity contribution in [2.45, 2.75) is 56.5 Å². The zero-order valence-electron chi connectivity index (χ0n) is 8.97. The first-order chi connectivity index (χ1) is 6.79. The Morgan fingerprint density at radius 1 is 1.07 bits per heavy atom. The minimum atomic E-state index is 0.172. The van der Waals surface area contributed by atoms with Crippen molar-refractivity contribution >= 4 is 0 Å². The fourth-order valence-electron chi connectivity index (χ4n) is 3.42. The van der Waals surface area contributed by atoms with Crippen LogP contribution in [0.3, 0.4) is 0 Å². The SMILES string of the molecule is NC1(CNC2C3CCCCC32)CCC1. The molecule has 2 atom stereocenters. The van der Waals surface area contributed by atoms with Crippen LogP contribution in [0.5, 0.6) is 0 Å². The first-order valence-electron chi connectivity index (χ1n) is 6.31. The summed E-state index contributed by atoms with van der Waals surface area (Å²) in [6.07, 6.45) is 9.69. The van der Waals surface area contributed by atoms with Gasteiger partial charge in [0.2, 0.25) is 0 Å². The number of nitrogens with two attached hydrogens (primary N) is 1. The molecular formula is C12H22N2. The third kappa shape index (κ3) is 1.49. The van der Waals surface area contributed by atoms with Crippen molar-refractivity contribution in [2.75, 3.05) is 6.54 Å². The third-order valence-corrected chi connectivity index (χ3v) is 4.70. The maximum absolute atomic E-state index is 6.21. The zero-order chi connectivity index (χ0) is 9.60. The van der Waals surface area contributed by atoms with E-state index in [0.717, 1.165) is 24.4 Å². The van der Waals surface area contributed by atoms with Crippen molar-refractivity contribution in [3.8, 4) is 0 Å². The average molecular weight is 194 g/mol. The van der Waals surface area contributed by atoms with E-state index in [4.69, 9.17) is 5.73 Å². The predicted octanol–water partition coefficient (Wildman–Crippen LogP) is 1.65. The number of rotatable bonds is 3. The van der Waals surface area contributed by atoms with Crippen LogP contribution >= 0.6 is 0 Å². The van der Waals surface area contributed by atoms with Gasteiger partial charge in [0, 0.05) is 18.1 Å². The van der Waals surface area contributed by atoms with Crippen LogP contribution in [0.4, 0.5) is 0 Å². The molecule has 3 N–H and O–H groups in total. The number of fused-ring (bicyclic) bond motifs is 1. The lowest BCUT2D eigenvalue weighted by Crippen LogP contribution is -2.54. The molecule has 0 heterocycles. The maximum Gasteiger partial charge on any atom is 0.0280 e. The van der Waals surface area contributed by atoms with E-state index in [-0.39, 0.29) is 5.54 Å². The van der Waals surface area contributed by atoms with Gasteiger partial charge in [-0.15, -0.1) is 0 Å². The van der Waals surface area contributed by atoms with Crippen molar-refractivity contribution in [2.24, 2.45) is 17.6 Å². The summed E-state index contributed by atoms with van der Waals surface area (Å²) in [5.74, 6) is 2.04. The number of hydrogen-bond acceptors (Lipinski definition) is 2. The fraction of sp³-hybridized carbons (Fsp3) is 1.00. The Bertz CT molecular complexity index is 210. The van der Waals surface area contributed by atoms with Gasteiger partial charge in [-0.25, -0.2) is 0 Å². The molecule has 80 valence electrons. The Balaban J connectivity index is 1.45. The first kappa shape index (κ1) is 9.17. The molecule has 3 saturated carbocycles. The van der Waals surface area contributed by atoms with Crippen LogP contribution in [0.15, 0.2) is 0 Å². The Morgan fingerprint density at radius 3 is 2.21 bits per heavy atom. The van der Waals surface area contributed by atoms with Gasteiger partial charge in [-0.2, -0.15) is 0 Å². The van der Waals surface area contributed by atoms with Crippen LogP contribution in [0, 0.1) is 11.8 Å². The minimum absolute atomic E-state index is 0.172. The molecular weight excluding hydrogens is 172 g/mol. The second-order valence-corrected chi connectivity index (χ2v) is 5.73. The van der Waals surface area contributed by atoms with Crippen molar-refractivity contribution in [1.29, 1.82) is 0 Å². The zero-order valence-corrected chi connectivity index (χ0v) is 8.97. The standard InChI is InChI=1S/C12H22N2/c13-12(6-3-7-12)8-14-11-9-4-1-2-5-10(9)11/h9-11,14H,1-8,13H2. The molecule has 2 heteroatoms. The van der Waals surface area contributed by atoms with E-state index in [1.807, 2.05) is 0 Å². The van der Waals surface area contributed by atoms with Crippen molar-refractivity contribution in [1.82, 2.24) is 5.32 Å². The predicted molar refractivity (Wildman–Crippen MR) is 58.0 cm³/mol. The topological polar surface area (TPSA) is 38.0 Å². The molecule has 3 aliphatic carbocycles. The van der Waals surface area contributed by atoms with Crippen LogP contribution in [-0.4, -0.2) is 18.1 Å². The maximum atomic E-state index is 6.21. The van der Waals surface area contributed by atoms with Gasteiger partial charge in [-0.05, 0) is 43.9 Å². The Hall–Kier alpha value is -0.0800. The quantitative estimate of drug-likeness (QED) is 0.717. The molecule has 2 nitrogen and oxygen atoms in total. The van der Waals surface area contributed by atoms with Crippen LogP contribution in [0.1, 0.15) is 44.9 Å². The minimum Gasteiger partial charge on any atom is -0.324 e. The molecule has 3 aliphatic rings. The normalized spacial score (nSPS) is 43.9. The molecule has 0 aromatic rings. The molecule has 0 spiro atoms. The van der Waals surface area contributed by atoms with E-state index >= 15 is 0 Å². The summed E-state index contributed by atoms with van der Waals surface area (Å²) in [6.45, 7) is 1.07. The summed E-state index contributed by atoms with van der Waals surface area (Å²) >= 11 is 0. The van der Waals surface area contributed by atoms with E-state index < -0.39 is 0 Å². The Labute approximate surface area is 86.6 Å². The van der Waals surface area contributed by atoms with Gasteiger partial charge in [-0.1, -0.05) is 12.8 Å². The van der Waals surface area contributed by atoms with Gasteiger partial charge in [0.15, 0.2) is 0 Å². The van der Waals surface area contributed by atoms with Gasteiger partial charge >= 0.3 is 0 Å². The molecule has 0 bridgehead atoms. The second kappa shape index (κ2) is 3.21. The lowest BCUT2D eigenvalue weighted by atomic mass is 9.78. The van der Waals surface area contributed by atoms with Gasteiger partial charge in [0.25, 0.3) is 0 Å². The van der Waals surface area contributed by atoms with Crippen LogP contribution in [0.25, 0.3) is 0 Å². The van der Waals surface area contributed by atoms with Crippen molar-refractivity contribution in [3.05, 3.63) is 0 Å². The van der Waals surface area contributed by atoms with Crippen LogP contribution in [0.2, 0.25) is 0 Å². The molecule has 0 aromatic heterocycles. The van der Waals surface area contributed by atoms with Crippen LogP contribution in [-0.2, 0) is 0 Å². The fourth-order valence-corrected chi connectivity index (χ4v) is 3.42. The Kier molecular flexibility index (Phi) is 2.10. The van der Waals surface area contributed by atoms with Crippen molar-refractivity contribution in [3.63, 3.8) is 0 Å². The van der Waals surface area contributed by atoms with E-state index in [1.165, 1.54) is 44.9 Å². The summed E-state index contributed by atoms with van der Waals surface area (Å²) in [6, 6.07) is 0.846. The van der Waals surface area contributed by atoms with Crippen molar-refractivity contribution < 1.29 is 0 Å².